The predicted octanol–water partition coefficient (Wildman–Crippen LogP) is 11.2. The number of halogens is 2. The molecule has 0 saturated heterocycles. The van der Waals surface area contributed by atoms with Crippen LogP contribution in [0.15, 0.2) is 84.9 Å². The largest absolute Gasteiger partial charge is 0.496 e. The van der Waals surface area contributed by atoms with Crippen molar-refractivity contribution in [1.82, 2.24) is 0 Å². The van der Waals surface area contributed by atoms with Gasteiger partial charge in [-0.15, -0.1) is 0 Å². The molecule has 0 amide bonds. The van der Waals surface area contributed by atoms with Crippen LogP contribution in [0, 0.1) is 17.4 Å². The summed E-state index contributed by atoms with van der Waals surface area (Å²) >= 11 is 7.59. The smallest absolute Gasteiger partial charge is 0.424 e. The number of methoxy groups -OCH3 is 2. The zero-order valence-corrected chi connectivity index (χ0v) is 33.5. The monoisotopic (exact) mass is 830 g/mol. The lowest BCUT2D eigenvalue weighted by Crippen LogP contribution is -2.17. The van der Waals surface area contributed by atoms with Gasteiger partial charge in [0.2, 0.25) is 0 Å². The van der Waals surface area contributed by atoms with Crippen molar-refractivity contribution in [2.75, 3.05) is 40.6 Å². The van der Waals surface area contributed by atoms with E-state index in [9.17, 15) is 9.13 Å². The van der Waals surface area contributed by atoms with Gasteiger partial charge in [-0.1, -0.05) is 72.8 Å². The Bertz CT molecular complexity index is 1640. The molecule has 0 aliphatic rings. The molecule has 4 rings (SSSR count). The average molecular weight is 831 g/mol. The topological polar surface area (TPSA) is 89.5 Å². The summed E-state index contributed by atoms with van der Waals surface area (Å²) in [7, 11) is -0.210. The third-order valence-corrected chi connectivity index (χ3v) is 11.6. The Morgan fingerprint density at radius 2 is 0.979 bits per heavy atom. The average Bonchev–Trinajstić information content (AvgIpc) is 3.06. The molecule has 48 heavy (non-hydrogen) atoms. The van der Waals surface area contributed by atoms with E-state index in [1.165, 1.54) is 20.3 Å². The van der Waals surface area contributed by atoms with E-state index in [2.05, 4.69) is 68.9 Å². The van der Waals surface area contributed by atoms with E-state index >= 15 is 0 Å². The molecule has 0 radical (unpaired) electrons. The van der Waals surface area contributed by atoms with Crippen molar-refractivity contribution >= 4 is 53.7 Å². The van der Waals surface area contributed by atoms with Crippen molar-refractivity contribution in [2.24, 2.45) is 0 Å². The van der Waals surface area contributed by atoms with Crippen LogP contribution in [0.25, 0.3) is 22.3 Å². The molecule has 0 bridgehead atoms. The highest BCUT2D eigenvalue weighted by atomic mass is 127. The number of aryl methyl sites for hydroxylation is 2. The first-order chi connectivity index (χ1) is 22.9. The molecular weight excluding hydrogens is 785 g/mol. The van der Waals surface area contributed by atoms with E-state index in [-0.39, 0.29) is 0 Å². The first-order valence-corrected chi connectivity index (χ1v) is 20.6. The molecule has 262 valence electrons. The summed E-state index contributed by atoms with van der Waals surface area (Å²) in [6.45, 7) is 9.10. The number of hydrogen-bond acceptors (Lipinski definition) is 8. The molecule has 0 aliphatic carbocycles. The number of rotatable bonds is 13. The standard InChI is InChI=1S/C18H23O4P.C14H13IO.C4H10ClO3P/c1-5-21-23(19,22-6-2)18-16(20-4)13-12-14(3)17(18)15-10-8-7-9-11-15;1-10-8-9-12(16-2)14(15)13(10)11-6-4-3-5-7-11;1-3-7-9(5,6)8-4-2/h7-13H,5-6H2,1-4H3;3-9H,1-2H3;3-4H2,1-2H3. The highest BCUT2D eigenvalue weighted by Gasteiger charge is 2.34. The molecule has 4 aromatic rings. The Hall–Kier alpha value is -2.20. The molecule has 0 aliphatic heterocycles. The van der Waals surface area contributed by atoms with Crippen LogP contribution in [-0.2, 0) is 27.2 Å². The molecular formula is C36H46ClIO8P2. The maximum atomic E-state index is 13.4. The van der Waals surface area contributed by atoms with Crippen molar-refractivity contribution < 1.29 is 36.7 Å². The van der Waals surface area contributed by atoms with Crippen molar-refractivity contribution in [3.05, 3.63) is 99.6 Å². The third kappa shape index (κ3) is 12.0. The summed E-state index contributed by atoms with van der Waals surface area (Å²) in [5.41, 5.74) is 6.57. The Balaban J connectivity index is 0.000000277. The van der Waals surface area contributed by atoms with Crippen LogP contribution in [0.1, 0.15) is 38.8 Å². The Kier molecular flexibility index (Phi) is 18.5. The molecule has 0 fully saturated rings. The van der Waals surface area contributed by atoms with Gasteiger partial charge in [0, 0.05) is 22.4 Å². The molecule has 4 aromatic carbocycles. The van der Waals surface area contributed by atoms with Gasteiger partial charge in [0.05, 0.1) is 44.2 Å². The second-order valence-electron chi connectivity index (χ2n) is 9.91. The lowest BCUT2D eigenvalue weighted by Gasteiger charge is -2.23. The zero-order chi connectivity index (χ0) is 35.7. The van der Waals surface area contributed by atoms with Gasteiger partial charge >= 0.3 is 14.5 Å². The predicted molar refractivity (Wildman–Crippen MR) is 206 cm³/mol. The van der Waals surface area contributed by atoms with Gasteiger partial charge in [-0.25, -0.2) is 4.57 Å². The second kappa shape index (κ2) is 21.1. The Morgan fingerprint density at radius 3 is 1.40 bits per heavy atom. The van der Waals surface area contributed by atoms with Gasteiger partial charge in [0.1, 0.15) is 16.8 Å². The molecule has 0 atom stereocenters. The van der Waals surface area contributed by atoms with E-state index in [0.29, 0.717) is 37.5 Å². The molecule has 12 heteroatoms. The molecule has 0 heterocycles. The molecule has 0 spiro atoms. The maximum Gasteiger partial charge on any atom is 0.424 e. The first-order valence-electron chi connectivity index (χ1n) is 15.5. The highest BCUT2D eigenvalue weighted by molar-refractivity contribution is 14.1. The van der Waals surface area contributed by atoms with E-state index in [1.54, 1.807) is 41.9 Å². The van der Waals surface area contributed by atoms with Crippen LogP contribution < -0.4 is 14.8 Å². The van der Waals surface area contributed by atoms with Gasteiger partial charge in [-0.05, 0) is 98.5 Å². The minimum Gasteiger partial charge on any atom is -0.496 e. The lowest BCUT2D eigenvalue weighted by molar-refractivity contribution is 0.229. The summed E-state index contributed by atoms with van der Waals surface area (Å²) in [6, 6.07) is 28.1. The minimum absolute atomic E-state index is 0.294. The molecule has 0 unspecified atom stereocenters. The Labute approximate surface area is 304 Å². The van der Waals surface area contributed by atoms with E-state index in [1.807, 2.05) is 61.5 Å². The fraction of sp³-hybridized carbons (Fsp3) is 0.333. The molecule has 0 saturated carbocycles. The summed E-state index contributed by atoms with van der Waals surface area (Å²) < 4.78 is 56.4. The highest BCUT2D eigenvalue weighted by Crippen LogP contribution is 2.53. The number of ether oxygens (including phenoxy) is 2. The fourth-order valence-corrected chi connectivity index (χ4v) is 9.14. The van der Waals surface area contributed by atoms with Crippen LogP contribution in [0.5, 0.6) is 11.5 Å². The van der Waals surface area contributed by atoms with E-state index in [0.717, 1.165) is 22.4 Å². The minimum atomic E-state index is -3.48. The zero-order valence-electron chi connectivity index (χ0n) is 28.8. The van der Waals surface area contributed by atoms with Gasteiger partial charge in [0.25, 0.3) is 0 Å². The van der Waals surface area contributed by atoms with Gasteiger partial charge < -0.3 is 18.5 Å². The number of hydrogen-bond donors (Lipinski definition) is 0. The summed E-state index contributed by atoms with van der Waals surface area (Å²) in [5, 5.41) is 0.495. The fourth-order valence-electron chi connectivity index (χ4n) is 4.70. The van der Waals surface area contributed by atoms with Gasteiger partial charge in [-0.2, -0.15) is 0 Å². The molecule has 0 aromatic heterocycles. The summed E-state index contributed by atoms with van der Waals surface area (Å²) in [4.78, 5) is 0. The van der Waals surface area contributed by atoms with Crippen molar-refractivity contribution in [2.45, 2.75) is 41.5 Å². The lowest BCUT2D eigenvalue weighted by atomic mass is 10.0. The van der Waals surface area contributed by atoms with Crippen molar-refractivity contribution in [3.63, 3.8) is 0 Å². The first kappa shape index (κ1) is 42.0. The Morgan fingerprint density at radius 1 is 0.583 bits per heavy atom. The third-order valence-electron chi connectivity index (χ3n) is 6.67. The van der Waals surface area contributed by atoms with Gasteiger partial charge in [0.15, 0.2) is 0 Å². The molecule has 0 N–H and O–H groups in total. The second-order valence-corrected chi connectivity index (χ2v) is 15.6. The van der Waals surface area contributed by atoms with Crippen molar-refractivity contribution in [1.29, 1.82) is 0 Å². The van der Waals surface area contributed by atoms with Crippen LogP contribution >= 0.6 is 48.4 Å². The number of benzene rings is 4. The van der Waals surface area contributed by atoms with E-state index in [4.69, 9.17) is 29.8 Å². The van der Waals surface area contributed by atoms with Crippen LogP contribution in [-0.4, -0.2) is 40.6 Å². The van der Waals surface area contributed by atoms with Gasteiger partial charge in [-0.3, -0.25) is 13.6 Å². The van der Waals surface area contributed by atoms with E-state index < -0.39 is 14.5 Å². The van der Waals surface area contributed by atoms with Crippen LogP contribution in [0.2, 0.25) is 0 Å². The normalized spacial score (nSPS) is 11.1. The maximum absolute atomic E-state index is 13.4. The summed E-state index contributed by atoms with van der Waals surface area (Å²) in [5.74, 6) is 1.45. The van der Waals surface area contributed by atoms with Crippen LogP contribution in [0.3, 0.4) is 0 Å². The summed E-state index contributed by atoms with van der Waals surface area (Å²) in [6.07, 6.45) is 0. The van der Waals surface area contributed by atoms with Crippen LogP contribution in [0.4, 0.5) is 0 Å². The SMILES string of the molecule is CCOP(=O)(Cl)OCC.CCOP(=O)(OCC)c1c(OC)ccc(C)c1-c1ccccc1.COc1ccc(C)c(-c2ccccc2)c1I. The molecule has 8 nitrogen and oxygen atoms in total. The quantitative estimate of drug-likeness (QED) is 0.0972. The van der Waals surface area contributed by atoms with Crippen molar-refractivity contribution in [3.8, 4) is 33.8 Å².